The molecule has 1 aliphatic rings. The van der Waals surface area contributed by atoms with Gasteiger partial charge in [0, 0.05) is 19.2 Å². The third-order valence-corrected chi connectivity index (χ3v) is 3.64. The van der Waals surface area contributed by atoms with Gasteiger partial charge in [0.05, 0.1) is 0 Å². The average molecular weight is 279 g/mol. The fraction of sp³-hybridized carbons (Fsp3) is 0.714. The number of likely N-dealkylation sites (tertiary alicyclic amines) is 1. The van der Waals surface area contributed by atoms with Gasteiger partial charge in [-0.25, -0.2) is 9.97 Å². The van der Waals surface area contributed by atoms with Crippen molar-refractivity contribution >= 4 is 11.6 Å². The summed E-state index contributed by atoms with van der Waals surface area (Å²) in [7, 11) is 2.18. The van der Waals surface area contributed by atoms with Crippen molar-refractivity contribution in [3.05, 3.63) is 11.9 Å². The molecule has 6 heteroatoms. The van der Waals surface area contributed by atoms with E-state index >= 15 is 0 Å². The zero-order valence-corrected chi connectivity index (χ0v) is 12.4. The van der Waals surface area contributed by atoms with Gasteiger partial charge in [-0.15, -0.1) is 0 Å². The summed E-state index contributed by atoms with van der Waals surface area (Å²) in [5.74, 6) is 2.63. The first-order chi connectivity index (χ1) is 9.67. The lowest BCUT2D eigenvalue weighted by molar-refractivity contribution is 0.128. The number of nitrogens with zero attached hydrogens (tertiary/aromatic N) is 3. The van der Waals surface area contributed by atoms with Crippen LogP contribution in [0.3, 0.4) is 0 Å². The van der Waals surface area contributed by atoms with Gasteiger partial charge in [-0.2, -0.15) is 0 Å². The molecule has 2 rings (SSSR count). The van der Waals surface area contributed by atoms with Crippen molar-refractivity contribution in [3.63, 3.8) is 0 Å². The summed E-state index contributed by atoms with van der Waals surface area (Å²) < 4.78 is 5.32. The van der Waals surface area contributed by atoms with Crippen LogP contribution in [-0.2, 0) is 11.3 Å². The molecule has 20 heavy (non-hydrogen) atoms. The SMILES string of the molecule is CCOCc1nc(N)cc(NCC2CCN(C)CC2)n1. The Morgan fingerprint density at radius 2 is 2.15 bits per heavy atom. The third kappa shape index (κ3) is 4.61. The Balaban J connectivity index is 1.87. The number of hydrogen-bond donors (Lipinski definition) is 2. The predicted octanol–water partition coefficient (Wildman–Crippen LogP) is 1.35. The maximum Gasteiger partial charge on any atom is 0.158 e. The maximum absolute atomic E-state index is 5.80. The minimum atomic E-state index is 0.407. The second-order valence-corrected chi connectivity index (χ2v) is 5.36. The highest BCUT2D eigenvalue weighted by atomic mass is 16.5. The first-order valence-electron chi connectivity index (χ1n) is 7.31. The number of anilines is 2. The number of ether oxygens (including phenoxy) is 1. The maximum atomic E-state index is 5.80. The van der Waals surface area contributed by atoms with Gasteiger partial charge in [-0.1, -0.05) is 0 Å². The Morgan fingerprint density at radius 1 is 1.40 bits per heavy atom. The summed E-state index contributed by atoms with van der Waals surface area (Å²) in [5, 5.41) is 3.38. The van der Waals surface area contributed by atoms with Gasteiger partial charge in [0.1, 0.15) is 18.2 Å². The quantitative estimate of drug-likeness (QED) is 0.818. The van der Waals surface area contributed by atoms with Crippen molar-refractivity contribution in [1.29, 1.82) is 0 Å². The monoisotopic (exact) mass is 279 g/mol. The minimum absolute atomic E-state index is 0.407. The van der Waals surface area contributed by atoms with Gasteiger partial charge in [-0.3, -0.25) is 0 Å². The topological polar surface area (TPSA) is 76.3 Å². The number of rotatable bonds is 6. The molecule has 3 N–H and O–H groups in total. The molecule has 0 atom stereocenters. The predicted molar refractivity (Wildman–Crippen MR) is 80.5 cm³/mol. The van der Waals surface area contributed by atoms with E-state index in [1.165, 1.54) is 25.9 Å². The molecule has 0 saturated carbocycles. The smallest absolute Gasteiger partial charge is 0.158 e. The molecule has 0 radical (unpaired) electrons. The Labute approximate surface area is 120 Å². The summed E-state index contributed by atoms with van der Waals surface area (Å²) >= 11 is 0. The highest BCUT2D eigenvalue weighted by molar-refractivity contribution is 5.44. The third-order valence-electron chi connectivity index (χ3n) is 3.64. The molecule has 0 amide bonds. The minimum Gasteiger partial charge on any atom is -0.384 e. The Hall–Kier alpha value is -1.40. The Kier molecular flexibility index (Phi) is 5.55. The molecule has 1 aliphatic heterocycles. The zero-order chi connectivity index (χ0) is 14.4. The highest BCUT2D eigenvalue weighted by Gasteiger charge is 2.16. The molecule has 2 heterocycles. The first kappa shape index (κ1) is 15.0. The van der Waals surface area contributed by atoms with Crippen molar-refractivity contribution in [2.45, 2.75) is 26.4 Å². The van der Waals surface area contributed by atoms with Gasteiger partial charge in [-0.05, 0) is 45.8 Å². The van der Waals surface area contributed by atoms with Crippen molar-refractivity contribution in [2.24, 2.45) is 5.92 Å². The summed E-state index contributed by atoms with van der Waals surface area (Å²) in [6, 6.07) is 1.78. The summed E-state index contributed by atoms with van der Waals surface area (Å²) in [6.07, 6.45) is 2.46. The first-order valence-corrected chi connectivity index (χ1v) is 7.31. The number of nitrogen functional groups attached to an aromatic ring is 1. The fourth-order valence-electron chi connectivity index (χ4n) is 2.38. The second kappa shape index (κ2) is 7.40. The molecule has 1 aromatic heterocycles. The molecule has 1 saturated heterocycles. The van der Waals surface area contributed by atoms with E-state index in [2.05, 4.69) is 27.2 Å². The van der Waals surface area contributed by atoms with E-state index in [0.29, 0.717) is 30.8 Å². The van der Waals surface area contributed by atoms with E-state index < -0.39 is 0 Å². The Morgan fingerprint density at radius 3 is 2.85 bits per heavy atom. The molecular weight excluding hydrogens is 254 g/mol. The van der Waals surface area contributed by atoms with E-state index in [0.717, 1.165) is 12.4 Å². The Bertz CT molecular complexity index is 418. The van der Waals surface area contributed by atoms with Crippen LogP contribution in [0.2, 0.25) is 0 Å². The van der Waals surface area contributed by atoms with E-state index in [1.54, 1.807) is 6.07 Å². The highest BCUT2D eigenvalue weighted by Crippen LogP contribution is 2.17. The van der Waals surface area contributed by atoms with Crippen LogP contribution in [-0.4, -0.2) is 48.2 Å². The molecule has 0 aliphatic carbocycles. The normalized spacial score (nSPS) is 17.3. The molecule has 1 fully saturated rings. The standard InChI is InChI=1S/C14H25N5O/c1-3-20-10-14-17-12(15)8-13(18-14)16-9-11-4-6-19(2)7-5-11/h8,11H,3-7,9-10H2,1-2H3,(H3,15,16,17,18). The summed E-state index contributed by atoms with van der Waals surface area (Å²) in [5.41, 5.74) is 5.80. The van der Waals surface area contributed by atoms with E-state index in [1.807, 2.05) is 6.92 Å². The van der Waals surface area contributed by atoms with Crippen molar-refractivity contribution in [3.8, 4) is 0 Å². The van der Waals surface area contributed by atoms with Crippen molar-refractivity contribution in [1.82, 2.24) is 14.9 Å². The van der Waals surface area contributed by atoms with Crippen molar-refractivity contribution < 1.29 is 4.74 Å². The van der Waals surface area contributed by atoms with Gasteiger partial charge in [0.25, 0.3) is 0 Å². The van der Waals surface area contributed by atoms with Crippen LogP contribution < -0.4 is 11.1 Å². The number of hydrogen-bond acceptors (Lipinski definition) is 6. The molecule has 0 bridgehead atoms. The number of piperidine rings is 1. The molecular formula is C14H25N5O. The van der Waals surface area contributed by atoms with Gasteiger partial charge in [0.2, 0.25) is 0 Å². The van der Waals surface area contributed by atoms with Crippen LogP contribution >= 0.6 is 0 Å². The van der Waals surface area contributed by atoms with Gasteiger partial charge >= 0.3 is 0 Å². The molecule has 0 aromatic carbocycles. The van der Waals surface area contributed by atoms with E-state index in [-0.39, 0.29) is 0 Å². The average Bonchev–Trinajstić information content (AvgIpc) is 2.44. The summed E-state index contributed by atoms with van der Waals surface area (Å²) in [6.45, 7) is 6.30. The van der Waals surface area contributed by atoms with Crippen LogP contribution in [0.5, 0.6) is 0 Å². The summed E-state index contributed by atoms with van der Waals surface area (Å²) in [4.78, 5) is 11.0. The lowest BCUT2D eigenvalue weighted by Gasteiger charge is -2.29. The molecule has 0 unspecified atom stereocenters. The van der Waals surface area contributed by atoms with Gasteiger partial charge < -0.3 is 20.7 Å². The van der Waals surface area contributed by atoms with E-state index in [9.17, 15) is 0 Å². The molecule has 6 nitrogen and oxygen atoms in total. The second-order valence-electron chi connectivity index (χ2n) is 5.36. The molecule has 112 valence electrons. The number of nitrogens with one attached hydrogen (secondary N) is 1. The largest absolute Gasteiger partial charge is 0.384 e. The number of aromatic nitrogens is 2. The molecule has 0 spiro atoms. The van der Waals surface area contributed by atoms with Crippen LogP contribution in [0.4, 0.5) is 11.6 Å². The van der Waals surface area contributed by atoms with Crippen molar-refractivity contribution in [2.75, 3.05) is 44.3 Å². The lowest BCUT2D eigenvalue weighted by Crippen LogP contribution is -2.33. The lowest BCUT2D eigenvalue weighted by atomic mass is 9.97. The van der Waals surface area contributed by atoms with Crippen LogP contribution in [0.25, 0.3) is 0 Å². The van der Waals surface area contributed by atoms with Crippen LogP contribution in [0.15, 0.2) is 6.07 Å². The van der Waals surface area contributed by atoms with Gasteiger partial charge in [0.15, 0.2) is 5.82 Å². The van der Waals surface area contributed by atoms with E-state index in [4.69, 9.17) is 10.5 Å². The fourth-order valence-corrected chi connectivity index (χ4v) is 2.38. The van der Waals surface area contributed by atoms with Crippen LogP contribution in [0, 0.1) is 5.92 Å². The van der Waals surface area contributed by atoms with Crippen LogP contribution in [0.1, 0.15) is 25.6 Å². The molecule has 1 aromatic rings. The number of nitrogens with two attached hydrogens (primary N) is 1. The zero-order valence-electron chi connectivity index (χ0n) is 12.4.